The summed E-state index contributed by atoms with van der Waals surface area (Å²) in [5.74, 6) is -1.25. The van der Waals surface area contributed by atoms with Crippen LogP contribution in [0, 0.1) is 0 Å². The Morgan fingerprint density at radius 3 is 1.55 bits per heavy atom. The topological polar surface area (TPSA) is 175 Å². The molecule has 11 nitrogen and oxygen atoms in total. The van der Waals surface area contributed by atoms with Gasteiger partial charge in [-0.15, -0.1) is 0 Å². The molecule has 0 aromatic heterocycles. The zero-order valence-corrected chi connectivity index (χ0v) is 48.5. The van der Waals surface area contributed by atoms with Crippen LogP contribution in [0.25, 0.3) is 0 Å². The molecule has 1 fully saturated rings. The summed E-state index contributed by atoms with van der Waals surface area (Å²) in [6, 6.07) is -1.05. The minimum Gasteiger partial charge on any atom is -0.454 e. The molecule has 1 amide bonds. The van der Waals surface area contributed by atoms with E-state index in [9.17, 15) is 35.1 Å². The van der Waals surface area contributed by atoms with Gasteiger partial charge in [-0.1, -0.05) is 246 Å². The maximum Gasteiger partial charge on any atom is 0.306 e. The van der Waals surface area contributed by atoms with Crippen molar-refractivity contribution in [3.63, 3.8) is 0 Å². The van der Waals surface area contributed by atoms with Gasteiger partial charge >= 0.3 is 5.97 Å². The van der Waals surface area contributed by atoms with E-state index in [0.717, 1.165) is 109 Å². The second-order valence-corrected chi connectivity index (χ2v) is 20.8. The van der Waals surface area contributed by atoms with E-state index in [1.54, 1.807) is 6.08 Å². The molecule has 77 heavy (non-hydrogen) atoms. The Morgan fingerprint density at radius 2 is 0.987 bits per heavy atom. The molecule has 440 valence electrons. The fourth-order valence-electron chi connectivity index (χ4n) is 8.88. The van der Waals surface area contributed by atoms with Crippen molar-refractivity contribution in [2.45, 2.75) is 282 Å². The molecule has 6 N–H and O–H groups in total. The first-order valence-corrected chi connectivity index (χ1v) is 30.7. The van der Waals surface area contributed by atoms with Crippen LogP contribution >= 0.6 is 0 Å². The fourth-order valence-corrected chi connectivity index (χ4v) is 8.88. The standard InChI is InChI=1S/C66H111NO10/c1-4-7-10-13-16-19-22-25-27-28-29-30-31-33-35-38-41-44-47-50-53-59(70)65(74)67-57(58(69)52-49-46-43-40-37-34-24-21-18-15-12-9-6-3)56-75-66-64(63(73)62(72)60(55-68)76-66)77-61(71)54-51-48-45-42-39-36-32-26-23-20-17-14-11-8-5-2/h8,11,14,16-17,19-20,23,25-27,29-30,32-33,35,49,52,57-60,62-64,66,68-70,72-73H,4-7,9-10,12-13,15,18,21-22,24,28,31,34,36-48,50-51,53-56H2,1-3H3,(H,67,74)/b11-8+,17-14+,19-16-,23-20+,27-25-,30-29-,32-26-,35-33-,52-49+. The molecule has 8 unspecified atom stereocenters. The highest BCUT2D eigenvalue weighted by atomic mass is 16.7. The largest absolute Gasteiger partial charge is 0.454 e. The van der Waals surface area contributed by atoms with E-state index in [-0.39, 0.29) is 19.4 Å². The van der Waals surface area contributed by atoms with Crippen LogP contribution in [-0.4, -0.2) is 99.6 Å². The van der Waals surface area contributed by atoms with Crippen molar-refractivity contribution in [1.82, 2.24) is 5.32 Å². The van der Waals surface area contributed by atoms with Gasteiger partial charge in [0.2, 0.25) is 5.91 Å². The van der Waals surface area contributed by atoms with Gasteiger partial charge in [0.15, 0.2) is 12.4 Å². The molecule has 1 saturated heterocycles. The summed E-state index contributed by atoms with van der Waals surface area (Å²) in [4.78, 5) is 26.5. The lowest BCUT2D eigenvalue weighted by Crippen LogP contribution is -2.61. The van der Waals surface area contributed by atoms with E-state index in [1.165, 1.54) is 77.0 Å². The second kappa shape index (κ2) is 53.0. The summed E-state index contributed by atoms with van der Waals surface area (Å²) in [6.07, 6.45) is 61.2. The van der Waals surface area contributed by atoms with Crippen LogP contribution in [0.2, 0.25) is 0 Å². The lowest BCUT2D eigenvalue weighted by Gasteiger charge is -2.41. The van der Waals surface area contributed by atoms with Crippen LogP contribution in [0.15, 0.2) is 109 Å². The predicted molar refractivity (Wildman–Crippen MR) is 319 cm³/mol. The SMILES string of the molecule is CC/C=C/C=C/C=C/C=C\CCCCCCCC(=O)OC1C(OCC(NC(=O)C(O)CCCCCC/C=C\C/C=C\C/C=C\C/C=C\CCCCC)C(O)/C=C/CCCCCCCCCCCCC)OC(CO)C(O)C1O. The van der Waals surface area contributed by atoms with Gasteiger partial charge in [0.05, 0.1) is 25.4 Å². The number of esters is 1. The molecule has 1 rings (SSSR count). The first kappa shape index (κ1) is 71.3. The number of hydrogen-bond donors (Lipinski definition) is 6. The molecule has 0 saturated carbocycles. The highest BCUT2D eigenvalue weighted by molar-refractivity contribution is 5.80. The highest BCUT2D eigenvalue weighted by Gasteiger charge is 2.47. The predicted octanol–water partition coefficient (Wildman–Crippen LogP) is 14.5. The average molecular weight is 1080 g/mol. The van der Waals surface area contributed by atoms with Gasteiger partial charge in [-0.25, -0.2) is 0 Å². The number of carbonyl (C=O) groups excluding carboxylic acids is 2. The van der Waals surface area contributed by atoms with Gasteiger partial charge in [0.25, 0.3) is 0 Å². The number of rotatable bonds is 50. The smallest absolute Gasteiger partial charge is 0.306 e. The molecule has 0 radical (unpaired) electrons. The van der Waals surface area contributed by atoms with E-state index in [2.05, 4.69) is 86.8 Å². The number of carbonyl (C=O) groups is 2. The van der Waals surface area contributed by atoms with E-state index < -0.39 is 67.4 Å². The van der Waals surface area contributed by atoms with Gasteiger partial charge in [-0.2, -0.15) is 0 Å². The minimum atomic E-state index is -1.63. The number of hydrogen-bond acceptors (Lipinski definition) is 10. The normalized spacial score (nSPS) is 19.8. The Morgan fingerprint density at radius 1 is 0.532 bits per heavy atom. The van der Waals surface area contributed by atoms with Crippen LogP contribution in [0.4, 0.5) is 0 Å². The van der Waals surface area contributed by atoms with E-state index in [0.29, 0.717) is 12.8 Å². The highest BCUT2D eigenvalue weighted by Crippen LogP contribution is 2.26. The fraction of sp³-hybridized carbons (Fsp3) is 0.697. The van der Waals surface area contributed by atoms with Crippen molar-refractivity contribution in [1.29, 1.82) is 0 Å². The lowest BCUT2D eigenvalue weighted by molar-refractivity contribution is -0.305. The van der Waals surface area contributed by atoms with E-state index >= 15 is 0 Å². The molecule has 1 heterocycles. The lowest BCUT2D eigenvalue weighted by atomic mass is 9.99. The molecule has 0 aromatic rings. The molecule has 0 aliphatic carbocycles. The number of ether oxygens (including phenoxy) is 3. The third-order valence-corrected chi connectivity index (χ3v) is 13.8. The van der Waals surface area contributed by atoms with Gasteiger partial charge in [0, 0.05) is 6.42 Å². The maximum atomic E-state index is 13.4. The molecular weight excluding hydrogens is 967 g/mol. The van der Waals surface area contributed by atoms with Gasteiger partial charge < -0.3 is 45.1 Å². The molecule has 0 aromatic carbocycles. The Kier molecular flexibility index (Phi) is 49.1. The van der Waals surface area contributed by atoms with Crippen LogP contribution in [0.3, 0.4) is 0 Å². The van der Waals surface area contributed by atoms with Gasteiger partial charge in [-0.05, 0) is 89.9 Å². The number of aliphatic hydroxyl groups is 5. The zero-order valence-electron chi connectivity index (χ0n) is 48.5. The molecule has 1 aliphatic rings. The van der Waals surface area contributed by atoms with Crippen LogP contribution in [0.5, 0.6) is 0 Å². The molecule has 0 spiro atoms. The number of allylic oxidation sites excluding steroid dienone is 17. The Labute approximate surface area is 468 Å². The number of amides is 1. The summed E-state index contributed by atoms with van der Waals surface area (Å²) < 4.78 is 17.6. The molecule has 0 bridgehead atoms. The van der Waals surface area contributed by atoms with Gasteiger partial charge in [0.1, 0.15) is 24.4 Å². The average Bonchev–Trinajstić information content (AvgIpc) is 3.43. The van der Waals surface area contributed by atoms with E-state index in [1.807, 2.05) is 42.5 Å². The van der Waals surface area contributed by atoms with E-state index in [4.69, 9.17) is 14.2 Å². The van der Waals surface area contributed by atoms with Crippen molar-refractivity contribution >= 4 is 11.9 Å². The molecule has 8 atom stereocenters. The summed E-state index contributed by atoms with van der Waals surface area (Å²) in [6.45, 7) is 5.59. The van der Waals surface area contributed by atoms with Crippen molar-refractivity contribution in [2.75, 3.05) is 13.2 Å². The number of aliphatic hydroxyl groups excluding tert-OH is 5. The van der Waals surface area contributed by atoms with Crippen molar-refractivity contribution in [3.8, 4) is 0 Å². The van der Waals surface area contributed by atoms with Gasteiger partial charge in [-0.3, -0.25) is 9.59 Å². The van der Waals surface area contributed by atoms with Crippen molar-refractivity contribution in [2.24, 2.45) is 0 Å². The summed E-state index contributed by atoms with van der Waals surface area (Å²) in [5.41, 5.74) is 0. The van der Waals surface area contributed by atoms with Crippen molar-refractivity contribution in [3.05, 3.63) is 109 Å². The van der Waals surface area contributed by atoms with Crippen molar-refractivity contribution < 1.29 is 49.3 Å². The van der Waals surface area contributed by atoms with Crippen LogP contribution in [-0.2, 0) is 23.8 Å². The number of unbranched alkanes of at least 4 members (excludes halogenated alkanes) is 23. The summed E-state index contributed by atoms with van der Waals surface area (Å²) in [7, 11) is 0. The number of nitrogens with one attached hydrogen (secondary N) is 1. The monoisotopic (exact) mass is 1080 g/mol. The third kappa shape index (κ3) is 41.1. The zero-order chi connectivity index (χ0) is 56.1. The quantitative estimate of drug-likeness (QED) is 0.0149. The van der Waals surface area contributed by atoms with Crippen LogP contribution < -0.4 is 5.32 Å². The molecule has 1 aliphatic heterocycles. The minimum absolute atomic E-state index is 0.0890. The second-order valence-electron chi connectivity index (χ2n) is 20.8. The maximum absolute atomic E-state index is 13.4. The molecular formula is C66H111NO10. The third-order valence-electron chi connectivity index (χ3n) is 13.8. The first-order valence-electron chi connectivity index (χ1n) is 30.7. The first-order chi connectivity index (χ1) is 37.7. The Hall–Kier alpha value is -3.68. The summed E-state index contributed by atoms with van der Waals surface area (Å²) in [5, 5.41) is 57.0. The Bertz CT molecular complexity index is 1660. The Balaban J connectivity index is 2.74. The summed E-state index contributed by atoms with van der Waals surface area (Å²) >= 11 is 0. The van der Waals surface area contributed by atoms with Crippen LogP contribution in [0.1, 0.15) is 233 Å². The molecule has 11 heteroatoms.